The van der Waals surface area contributed by atoms with E-state index in [1.54, 1.807) is 18.2 Å². The van der Waals surface area contributed by atoms with Gasteiger partial charge in [0.2, 0.25) is 0 Å². The lowest BCUT2D eigenvalue weighted by Crippen LogP contribution is -2.36. The molecule has 1 saturated heterocycles. The van der Waals surface area contributed by atoms with E-state index in [1.165, 1.54) is 0 Å². The van der Waals surface area contributed by atoms with E-state index in [2.05, 4.69) is 6.07 Å². The largest absolute Gasteiger partial charge is 0.491 e. The maximum absolute atomic E-state index is 13.1. The van der Waals surface area contributed by atoms with Gasteiger partial charge in [0.05, 0.1) is 17.7 Å². The third kappa shape index (κ3) is 5.11. The second kappa shape index (κ2) is 9.38. The Hall–Kier alpha value is -2.84. The van der Waals surface area contributed by atoms with Gasteiger partial charge in [-0.25, -0.2) is 0 Å². The standard InChI is InChI=1S/C23H26N2O3/c1-17(2)25(15-19-10-8-18(14-24)9-11-19)23(26)20-5-3-6-21(13-20)28-16-22-7-4-12-27-22/h3,5-6,8-11,13,17,22H,4,7,12,15-16H2,1-2H3. The highest BCUT2D eigenvalue weighted by atomic mass is 16.5. The Bertz CT molecular complexity index is 834. The number of amides is 1. The summed E-state index contributed by atoms with van der Waals surface area (Å²) in [6, 6.07) is 16.8. The van der Waals surface area contributed by atoms with Crippen molar-refractivity contribution in [3.8, 4) is 11.8 Å². The van der Waals surface area contributed by atoms with E-state index in [0.29, 0.717) is 30.0 Å². The third-order valence-corrected chi connectivity index (χ3v) is 4.86. The van der Waals surface area contributed by atoms with Crippen molar-refractivity contribution in [3.05, 3.63) is 65.2 Å². The fraction of sp³-hybridized carbons (Fsp3) is 0.391. The van der Waals surface area contributed by atoms with Gasteiger partial charge >= 0.3 is 0 Å². The van der Waals surface area contributed by atoms with Gasteiger partial charge in [-0.3, -0.25) is 4.79 Å². The summed E-state index contributed by atoms with van der Waals surface area (Å²) < 4.78 is 11.4. The van der Waals surface area contributed by atoms with Crippen LogP contribution >= 0.6 is 0 Å². The van der Waals surface area contributed by atoms with E-state index in [-0.39, 0.29) is 18.1 Å². The Morgan fingerprint density at radius 1 is 1.29 bits per heavy atom. The van der Waals surface area contributed by atoms with Crippen molar-refractivity contribution in [1.82, 2.24) is 4.90 Å². The first kappa shape index (κ1) is 19.9. The molecule has 28 heavy (non-hydrogen) atoms. The van der Waals surface area contributed by atoms with Crippen LogP contribution in [-0.2, 0) is 11.3 Å². The zero-order valence-corrected chi connectivity index (χ0v) is 16.4. The van der Waals surface area contributed by atoms with Gasteiger partial charge in [0.25, 0.3) is 5.91 Å². The molecule has 1 fully saturated rings. The maximum atomic E-state index is 13.1. The highest BCUT2D eigenvalue weighted by Crippen LogP contribution is 2.20. The summed E-state index contributed by atoms with van der Waals surface area (Å²) in [6.45, 7) is 5.80. The highest BCUT2D eigenvalue weighted by molar-refractivity contribution is 5.94. The average molecular weight is 378 g/mol. The van der Waals surface area contributed by atoms with Gasteiger partial charge in [-0.05, 0) is 62.6 Å². The summed E-state index contributed by atoms with van der Waals surface area (Å²) in [5.74, 6) is 0.644. The van der Waals surface area contributed by atoms with E-state index in [4.69, 9.17) is 14.7 Å². The van der Waals surface area contributed by atoms with Crippen molar-refractivity contribution in [1.29, 1.82) is 5.26 Å². The quantitative estimate of drug-likeness (QED) is 0.725. The first-order valence-electron chi connectivity index (χ1n) is 9.71. The lowest BCUT2D eigenvalue weighted by molar-refractivity contribution is 0.0670. The molecule has 146 valence electrons. The van der Waals surface area contributed by atoms with Crippen molar-refractivity contribution < 1.29 is 14.3 Å². The summed E-state index contributed by atoms with van der Waals surface area (Å²) in [5.41, 5.74) is 2.21. The number of carbonyl (C=O) groups excluding carboxylic acids is 1. The zero-order chi connectivity index (χ0) is 19.9. The second-order valence-electron chi connectivity index (χ2n) is 7.31. The van der Waals surface area contributed by atoms with Crippen molar-refractivity contribution in [3.63, 3.8) is 0 Å². The molecule has 0 saturated carbocycles. The minimum atomic E-state index is -0.0399. The fourth-order valence-electron chi connectivity index (χ4n) is 3.22. The summed E-state index contributed by atoms with van der Waals surface area (Å²) in [4.78, 5) is 14.9. The Morgan fingerprint density at radius 3 is 2.71 bits per heavy atom. The zero-order valence-electron chi connectivity index (χ0n) is 16.4. The van der Waals surface area contributed by atoms with Crippen molar-refractivity contribution in [2.24, 2.45) is 0 Å². The average Bonchev–Trinajstić information content (AvgIpc) is 3.24. The number of nitriles is 1. The molecule has 2 aromatic rings. The minimum Gasteiger partial charge on any atom is -0.491 e. The molecule has 1 heterocycles. The van der Waals surface area contributed by atoms with E-state index in [9.17, 15) is 4.79 Å². The summed E-state index contributed by atoms with van der Waals surface area (Å²) in [6.07, 6.45) is 2.23. The molecule has 2 aromatic carbocycles. The SMILES string of the molecule is CC(C)N(Cc1ccc(C#N)cc1)C(=O)c1cccc(OCC2CCCO2)c1. The van der Waals surface area contributed by atoms with E-state index in [1.807, 2.05) is 49.1 Å². The van der Waals surface area contributed by atoms with E-state index >= 15 is 0 Å². The molecule has 0 bridgehead atoms. The number of ether oxygens (including phenoxy) is 2. The molecule has 1 amide bonds. The van der Waals surface area contributed by atoms with Gasteiger partial charge in [0.15, 0.2) is 0 Å². The van der Waals surface area contributed by atoms with Gasteiger partial charge in [-0.15, -0.1) is 0 Å². The molecular weight excluding hydrogens is 352 g/mol. The van der Waals surface area contributed by atoms with Crippen LogP contribution in [0.25, 0.3) is 0 Å². The Kier molecular flexibility index (Phi) is 6.67. The number of rotatable bonds is 7. The van der Waals surface area contributed by atoms with Gasteiger partial charge in [0.1, 0.15) is 12.4 Å². The van der Waals surface area contributed by atoms with Gasteiger partial charge in [0, 0.05) is 24.8 Å². The molecular formula is C23H26N2O3. The van der Waals surface area contributed by atoms with Crippen LogP contribution in [0.3, 0.4) is 0 Å². The molecule has 5 nitrogen and oxygen atoms in total. The Morgan fingerprint density at radius 2 is 2.07 bits per heavy atom. The lowest BCUT2D eigenvalue weighted by atomic mass is 10.1. The molecule has 0 N–H and O–H groups in total. The molecule has 1 aliphatic rings. The number of benzene rings is 2. The predicted molar refractivity (Wildman–Crippen MR) is 107 cm³/mol. The number of carbonyl (C=O) groups is 1. The Balaban J connectivity index is 1.69. The van der Waals surface area contributed by atoms with Crippen molar-refractivity contribution >= 4 is 5.91 Å². The van der Waals surface area contributed by atoms with Crippen LogP contribution < -0.4 is 4.74 Å². The van der Waals surface area contributed by atoms with Crippen LogP contribution in [0.15, 0.2) is 48.5 Å². The molecule has 5 heteroatoms. The first-order valence-corrected chi connectivity index (χ1v) is 9.71. The van der Waals surface area contributed by atoms with Gasteiger partial charge < -0.3 is 14.4 Å². The summed E-state index contributed by atoms with van der Waals surface area (Å²) >= 11 is 0. The monoisotopic (exact) mass is 378 g/mol. The van der Waals surface area contributed by atoms with Gasteiger partial charge in [-0.1, -0.05) is 18.2 Å². The topological polar surface area (TPSA) is 62.6 Å². The minimum absolute atomic E-state index is 0.0399. The molecule has 1 aliphatic heterocycles. The number of hydrogen-bond acceptors (Lipinski definition) is 4. The van der Waals surface area contributed by atoms with Gasteiger partial charge in [-0.2, -0.15) is 5.26 Å². The predicted octanol–water partition coefficient (Wildman–Crippen LogP) is 4.17. The first-order chi connectivity index (χ1) is 13.6. The fourth-order valence-corrected chi connectivity index (χ4v) is 3.22. The molecule has 1 unspecified atom stereocenters. The van der Waals surface area contributed by atoms with Crippen LogP contribution in [0.5, 0.6) is 5.75 Å². The highest BCUT2D eigenvalue weighted by Gasteiger charge is 2.20. The van der Waals surface area contributed by atoms with E-state index in [0.717, 1.165) is 25.0 Å². The Labute approximate surface area is 166 Å². The molecule has 3 rings (SSSR count). The van der Waals surface area contributed by atoms with E-state index < -0.39 is 0 Å². The summed E-state index contributed by atoms with van der Waals surface area (Å²) in [7, 11) is 0. The van der Waals surface area contributed by atoms with Crippen LogP contribution in [-0.4, -0.2) is 36.2 Å². The number of nitrogens with zero attached hydrogens (tertiary/aromatic N) is 2. The van der Waals surface area contributed by atoms with Crippen LogP contribution in [0.2, 0.25) is 0 Å². The second-order valence-corrected chi connectivity index (χ2v) is 7.31. The summed E-state index contributed by atoms with van der Waals surface area (Å²) in [5, 5.41) is 8.94. The maximum Gasteiger partial charge on any atom is 0.254 e. The third-order valence-electron chi connectivity index (χ3n) is 4.86. The molecule has 0 spiro atoms. The molecule has 0 aliphatic carbocycles. The molecule has 1 atom stereocenters. The number of hydrogen-bond donors (Lipinski definition) is 0. The lowest BCUT2D eigenvalue weighted by Gasteiger charge is -2.27. The smallest absolute Gasteiger partial charge is 0.254 e. The van der Waals surface area contributed by atoms with Crippen LogP contribution in [0, 0.1) is 11.3 Å². The normalized spacial score (nSPS) is 16.0. The van der Waals surface area contributed by atoms with Crippen molar-refractivity contribution in [2.45, 2.75) is 45.4 Å². The van der Waals surface area contributed by atoms with Crippen molar-refractivity contribution in [2.75, 3.05) is 13.2 Å². The molecule has 0 aromatic heterocycles. The van der Waals surface area contributed by atoms with Crippen LogP contribution in [0.1, 0.15) is 48.2 Å². The van der Waals surface area contributed by atoms with Crippen LogP contribution in [0.4, 0.5) is 0 Å². The molecule has 0 radical (unpaired) electrons.